The highest BCUT2D eigenvalue weighted by molar-refractivity contribution is 6.30. The lowest BCUT2D eigenvalue weighted by Crippen LogP contribution is -2.37. The molecule has 6 nitrogen and oxygen atoms in total. The molecule has 1 aliphatic rings. The zero-order valence-electron chi connectivity index (χ0n) is 13.1. The number of rotatable bonds is 4. The molecule has 1 N–H and O–H groups in total. The van der Waals surface area contributed by atoms with Gasteiger partial charge in [-0.3, -0.25) is 4.79 Å². The van der Waals surface area contributed by atoms with Gasteiger partial charge in [-0.15, -0.1) is 0 Å². The molecule has 0 saturated heterocycles. The van der Waals surface area contributed by atoms with E-state index in [2.05, 4.69) is 15.5 Å². The van der Waals surface area contributed by atoms with Crippen molar-refractivity contribution < 1.29 is 14.1 Å². The Morgan fingerprint density at radius 3 is 2.92 bits per heavy atom. The molecule has 0 unspecified atom stereocenters. The number of amides is 1. The predicted octanol–water partition coefficient (Wildman–Crippen LogP) is 3.01. The smallest absolute Gasteiger partial charge is 0.261 e. The molecule has 0 bridgehead atoms. The van der Waals surface area contributed by atoms with Gasteiger partial charge in [0.05, 0.1) is 6.54 Å². The zero-order chi connectivity index (χ0) is 17.2. The van der Waals surface area contributed by atoms with E-state index in [4.69, 9.17) is 20.9 Å². The molecule has 0 saturated carbocycles. The summed E-state index contributed by atoms with van der Waals surface area (Å²) in [5, 5.41) is 7.28. The third-order valence-electron chi connectivity index (χ3n) is 3.90. The first kappa shape index (κ1) is 15.7. The molecule has 0 aliphatic carbocycles. The number of nitrogens with one attached hydrogen (secondary N) is 1. The molecule has 4 rings (SSSR count). The van der Waals surface area contributed by atoms with E-state index in [9.17, 15) is 4.79 Å². The van der Waals surface area contributed by atoms with Gasteiger partial charge in [0.15, 0.2) is 11.9 Å². The second kappa shape index (κ2) is 6.57. The molecule has 0 fully saturated rings. The van der Waals surface area contributed by atoms with Gasteiger partial charge in [-0.25, -0.2) is 0 Å². The van der Waals surface area contributed by atoms with Gasteiger partial charge < -0.3 is 14.6 Å². The fourth-order valence-corrected chi connectivity index (χ4v) is 2.86. The minimum Gasteiger partial charge on any atom is -0.480 e. The Kier molecular flexibility index (Phi) is 4.11. The first-order valence-electron chi connectivity index (χ1n) is 7.80. The maximum absolute atomic E-state index is 12.3. The highest BCUT2D eigenvalue weighted by atomic mass is 35.5. The standard InChI is InChI=1S/C18H14ClN3O3/c19-13-6-7-14-12(8-13)9-15(24-14)17(23)20-10-16-21-18(25-22-16)11-4-2-1-3-5-11/h1-8,15H,9-10H2,(H,20,23)/t15-/m0/s1. The van der Waals surface area contributed by atoms with Crippen molar-refractivity contribution in [3.05, 3.63) is 64.9 Å². The fraction of sp³-hybridized carbons (Fsp3) is 0.167. The van der Waals surface area contributed by atoms with Gasteiger partial charge in [0.2, 0.25) is 0 Å². The summed E-state index contributed by atoms with van der Waals surface area (Å²) < 4.78 is 10.9. The maximum atomic E-state index is 12.3. The van der Waals surface area contributed by atoms with E-state index in [-0.39, 0.29) is 12.5 Å². The Morgan fingerprint density at radius 1 is 1.24 bits per heavy atom. The Labute approximate surface area is 148 Å². The van der Waals surface area contributed by atoms with Crippen LogP contribution < -0.4 is 10.1 Å². The lowest BCUT2D eigenvalue weighted by atomic mass is 10.1. The monoisotopic (exact) mass is 355 g/mol. The third kappa shape index (κ3) is 3.34. The highest BCUT2D eigenvalue weighted by Crippen LogP contribution is 2.31. The lowest BCUT2D eigenvalue weighted by Gasteiger charge is -2.09. The first-order valence-corrected chi connectivity index (χ1v) is 8.17. The number of hydrogen-bond donors (Lipinski definition) is 1. The van der Waals surface area contributed by atoms with Crippen molar-refractivity contribution in [3.8, 4) is 17.2 Å². The number of carbonyl (C=O) groups excluding carboxylic acids is 1. The molecule has 7 heteroatoms. The quantitative estimate of drug-likeness (QED) is 0.778. The summed E-state index contributed by atoms with van der Waals surface area (Å²) in [5.74, 6) is 1.30. The van der Waals surface area contributed by atoms with Crippen LogP contribution in [0.25, 0.3) is 11.5 Å². The van der Waals surface area contributed by atoms with Crippen LogP contribution in [0.4, 0.5) is 0 Å². The number of aromatic nitrogens is 2. The Balaban J connectivity index is 1.36. The number of halogens is 1. The van der Waals surface area contributed by atoms with Gasteiger partial charge in [0.1, 0.15) is 5.75 Å². The average Bonchev–Trinajstić information content (AvgIpc) is 3.27. The average molecular weight is 356 g/mol. The minimum absolute atomic E-state index is 0.173. The van der Waals surface area contributed by atoms with Gasteiger partial charge in [0, 0.05) is 17.0 Å². The predicted molar refractivity (Wildman–Crippen MR) is 91.2 cm³/mol. The van der Waals surface area contributed by atoms with E-state index in [1.807, 2.05) is 36.4 Å². The second-order valence-corrected chi connectivity index (χ2v) is 6.10. The van der Waals surface area contributed by atoms with E-state index in [1.165, 1.54) is 0 Å². The van der Waals surface area contributed by atoms with Gasteiger partial charge in [-0.2, -0.15) is 4.98 Å². The molecule has 3 aromatic rings. The van der Waals surface area contributed by atoms with Gasteiger partial charge in [0.25, 0.3) is 11.8 Å². The second-order valence-electron chi connectivity index (χ2n) is 5.66. The number of ether oxygens (including phenoxy) is 1. The van der Waals surface area contributed by atoms with Crippen molar-refractivity contribution in [3.63, 3.8) is 0 Å². The van der Waals surface area contributed by atoms with Gasteiger partial charge in [-0.1, -0.05) is 35.0 Å². The molecule has 1 amide bonds. The fourth-order valence-electron chi connectivity index (χ4n) is 2.67. The van der Waals surface area contributed by atoms with Gasteiger partial charge >= 0.3 is 0 Å². The minimum atomic E-state index is -0.575. The van der Waals surface area contributed by atoms with E-state index < -0.39 is 6.10 Å². The normalized spacial score (nSPS) is 15.5. The van der Waals surface area contributed by atoms with Gasteiger partial charge in [-0.05, 0) is 35.9 Å². The van der Waals surface area contributed by atoms with Crippen LogP contribution in [-0.4, -0.2) is 22.2 Å². The van der Waals surface area contributed by atoms with Crippen molar-refractivity contribution >= 4 is 17.5 Å². The Hall–Kier alpha value is -2.86. The number of benzene rings is 2. The Bertz CT molecular complexity index is 911. The molecule has 1 aromatic heterocycles. The zero-order valence-corrected chi connectivity index (χ0v) is 13.9. The summed E-state index contributed by atoms with van der Waals surface area (Å²) >= 11 is 5.96. The van der Waals surface area contributed by atoms with Crippen molar-refractivity contribution in [2.24, 2.45) is 0 Å². The van der Waals surface area contributed by atoms with E-state index in [1.54, 1.807) is 12.1 Å². The molecule has 126 valence electrons. The van der Waals surface area contributed by atoms with Crippen LogP contribution in [0.1, 0.15) is 11.4 Å². The molecule has 1 aliphatic heterocycles. The summed E-state index contributed by atoms with van der Waals surface area (Å²) in [7, 11) is 0. The molecule has 0 spiro atoms. The van der Waals surface area contributed by atoms with Crippen LogP contribution in [0.3, 0.4) is 0 Å². The van der Waals surface area contributed by atoms with Crippen molar-refractivity contribution in [2.75, 3.05) is 0 Å². The van der Waals surface area contributed by atoms with Crippen LogP contribution in [0.5, 0.6) is 5.75 Å². The molecule has 2 aromatic carbocycles. The Morgan fingerprint density at radius 2 is 2.08 bits per heavy atom. The number of fused-ring (bicyclic) bond motifs is 1. The highest BCUT2D eigenvalue weighted by Gasteiger charge is 2.29. The van der Waals surface area contributed by atoms with Crippen molar-refractivity contribution in [2.45, 2.75) is 19.1 Å². The summed E-state index contributed by atoms with van der Waals surface area (Å²) in [6, 6.07) is 14.8. The molecule has 1 atom stereocenters. The van der Waals surface area contributed by atoms with E-state index >= 15 is 0 Å². The SMILES string of the molecule is O=C(NCc1noc(-c2ccccc2)n1)[C@@H]1Cc2cc(Cl)ccc2O1. The van der Waals surface area contributed by atoms with Crippen LogP contribution in [0.2, 0.25) is 5.02 Å². The maximum Gasteiger partial charge on any atom is 0.261 e. The van der Waals surface area contributed by atoms with Crippen LogP contribution in [-0.2, 0) is 17.8 Å². The summed E-state index contributed by atoms with van der Waals surface area (Å²) in [4.78, 5) is 16.6. The topological polar surface area (TPSA) is 77.3 Å². The summed E-state index contributed by atoms with van der Waals surface area (Å²) in [5.41, 5.74) is 1.76. The summed E-state index contributed by atoms with van der Waals surface area (Å²) in [6.45, 7) is 0.173. The van der Waals surface area contributed by atoms with Crippen molar-refractivity contribution in [1.82, 2.24) is 15.5 Å². The van der Waals surface area contributed by atoms with Crippen LogP contribution in [0.15, 0.2) is 53.1 Å². The first-order chi connectivity index (χ1) is 12.2. The lowest BCUT2D eigenvalue weighted by molar-refractivity contribution is -0.127. The summed E-state index contributed by atoms with van der Waals surface area (Å²) in [6.07, 6.45) is -0.0857. The number of carbonyl (C=O) groups is 1. The largest absolute Gasteiger partial charge is 0.480 e. The molecular formula is C18H14ClN3O3. The van der Waals surface area contributed by atoms with Crippen LogP contribution >= 0.6 is 11.6 Å². The molecular weight excluding hydrogens is 342 g/mol. The third-order valence-corrected chi connectivity index (χ3v) is 4.13. The van der Waals surface area contributed by atoms with E-state index in [0.717, 1.165) is 11.1 Å². The molecule has 0 radical (unpaired) electrons. The number of nitrogens with zero attached hydrogens (tertiary/aromatic N) is 2. The molecule has 2 heterocycles. The molecule has 25 heavy (non-hydrogen) atoms. The van der Waals surface area contributed by atoms with Crippen molar-refractivity contribution in [1.29, 1.82) is 0 Å². The number of hydrogen-bond acceptors (Lipinski definition) is 5. The van der Waals surface area contributed by atoms with Crippen LogP contribution in [0, 0.1) is 0 Å². The van der Waals surface area contributed by atoms with E-state index in [0.29, 0.717) is 28.9 Å².